The summed E-state index contributed by atoms with van der Waals surface area (Å²) < 4.78 is 42.1. The van der Waals surface area contributed by atoms with Crippen molar-refractivity contribution in [2.75, 3.05) is 17.4 Å². The molecule has 3 aromatic rings. The van der Waals surface area contributed by atoms with Gasteiger partial charge in [0.2, 0.25) is 11.8 Å². The van der Waals surface area contributed by atoms with Crippen LogP contribution in [0.25, 0.3) is 0 Å². The van der Waals surface area contributed by atoms with E-state index in [2.05, 4.69) is 5.32 Å². The van der Waals surface area contributed by atoms with Crippen LogP contribution in [-0.4, -0.2) is 44.3 Å². The molecule has 1 N–H and O–H groups in total. The molecule has 0 aromatic heterocycles. The first-order valence-electron chi connectivity index (χ1n) is 13.0. The summed E-state index contributed by atoms with van der Waals surface area (Å²) in [6, 6.07) is 18.1. The minimum Gasteiger partial charge on any atom is -0.354 e. The Balaban J connectivity index is 2.04. The topological polar surface area (TPSA) is 86.8 Å². The highest BCUT2D eigenvalue weighted by Gasteiger charge is 2.33. The summed E-state index contributed by atoms with van der Waals surface area (Å²) in [6.07, 6.45) is 1.09. The average molecular weight is 554 g/mol. The summed E-state index contributed by atoms with van der Waals surface area (Å²) in [7, 11) is -4.24. The Morgan fingerprint density at radius 2 is 1.59 bits per heavy atom. The number of nitrogens with zero attached hydrogens (tertiary/aromatic N) is 2. The van der Waals surface area contributed by atoms with Crippen molar-refractivity contribution < 1.29 is 22.4 Å². The lowest BCUT2D eigenvalue weighted by molar-refractivity contribution is -0.140. The molecular formula is C30H36FN3O4S. The third kappa shape index (κ3) is 7.66. The zero-order valence-corrected chi connectivity index (χ0v) is 23.7. The fourth-order valence-corrected chi connectivity index (χ4v) is 5.68. The molecule has 3 aromatic carbocycles. The van der Waals surface area contributed by atoms with Crippen molar-refractivity contribution in [1.29, 1.82) is 0 Å². The predicted octanol–water partition coefficient (Wildman–Crippen LogP) is 4.97. The first-order chi connectivity index (χ1) is 18.6. The Bertz CT molecular complexity index is 1380. The average Bonchev–Trinajstić information content (AvgIpc) is 2.91. The molecule has 0 spiro atoms. The van der Waals surface area contributed by atoms with Crippen LogP contribution in [0, 0.1) is 19.7 Å². The van der Waals surface area contributed by atoms with Gasteiger partial charge in [-0.15, -0.1) is 0 Å². The maximum Gasteiger partial charge on any atom is 0.264 e. The van der Waals surface area contributed by atoms with Gasteiger partial charge in [-0.3, -0.25) is 13.9 Å². The fraction of sp³-hybridized carbons (Fsp3) is 0.333. The molecule has 2 amide bonds. The molecule has 7 nitrogen and oxygen atoms in total. The van der Waals surface area contributed by atoms with Gasteiger partial charge in [0.1, 0.15) is 18.4 Å². The van der Waals surface area contributed by atoms with Crippen LogP contribution in [0.5, 0.6) is 0 Å². The highest BCUT2D eigenvalue weighted by molar-refractivity contribution is 7.92. The van der Waals surface area contributed by atoms with Gasteiger partial charge >= 0.3 is 0 Å². The van der Waals surface area contributed by atoms with Crippen molar-refractivity contribution in [3.63, 3.8) is 0 Å². The van der Waals surface area contributed by atoms with Gasteiger partial charge in [0.25, 0.3) is 10.0 Å². The number of hydrogen-bond donors (Lipinski definition) is 1. The molecule has 0 aliphatic heterocycles. The summed E-state index contributed by atoms with van der Waals surface area (Å²) in [6.45, 7) is 7.64. The van der Waals surface area contributed by atoms with E-state index >= 15 is 0 Å². The van der Waals surface area contributed by atoms with Crippen LogP contribution in [-0.2, 0) is 26.2 Å². The van der Waals surface area contributed by atoms with E-state index in [1.807, 2.05) is 52.0 Å². The van der Waals surface area contributed by atoms with E-state index in [4.69, 9.17) is 0 Å². The molecule has 0 fully saturated rings. The molecule has 0 saturated heterocycles. The quantitative estimate of drug-likeness (QED) is 0.343. The first kappa shape index (κ1) is 29.8. The fourth-order valence-electron chi connectivity index (χ4n) is 4.27. The van der Waals surface area contributed by atoms with Gasteiger partial charge in [0.15, 0.2) is 0 Å². The Morgan fingerprint density at radius 1 is 0.923 bits per heavy atom. The molecule has 0 aliphatic rings. The molecule has 39 heavy (non-hydrogen) atoms. The molecule has 0 heterocycles. The Hall–Kier alpha value is -3.72. The second-order valence-corrected chi connectivity index (χ2v) is 11.4. The lowest BCUT2D eigenvalue weighted by Crippen LogP contribution is -2.52. The van der Waals surface area contributed by atoms with E-state index < -0.39 is 34.3 Å². The summed E-state index contributed by atoms with van der Waals surface area (Å²) in [5.74, 6) is -1.38. The number of sulfonamides is 1. The zero-order valence-electron chi connectivity index (χ0n) is 22.9. The molecule has 9 heteroatoms. The van der Waals surface area contributed by atoms with Crippen molar-refractivity contribution in [3.05, 3.63) is 95.3 Å². The Kier molecular flexibility index (Phi) is 10.2. The summed E-state index contributed by atoms with van der Waals surface area (Å²) in [4.78, 5) is 28.4. The number of aryl methyl sites for hydroxylation is 2. The SMILES string of the molecule is CCCNC(=O)C(CC)N(Cc1cccc(C)c1)C(=O)CN(c1ccc(C)cc1)S(=O)(=O)c1ccc(F)cc1. The number of benzene rings is 3. The highest BCUT2D eigenvalue weighted by atomic mass is 32.2. The van der Waals surface area contributed by atoms with E-state index in [9.17, 15) is 22.4 Å². The number of hydrogen-bond acceptors (Lipinski definition) is 4. The Morgan fingerprint density at radius 3 is 2.18 bits per heavy atom. The molecular weight excluding hydrogens is 517 g/mol. The molecule has 0 radical (unpaired) electrons. The monoisotopic (exact) mass is 553 g/mol. The molecule has 0 aliphatic carbocycles. The number of amides is 2. The maximum absolute atomic E-state index is 14.0. The molecule has 1 atom stereocenters. The van der Waals surface area contributed by atoms with Gasteiger partial charge in [0, 0.05) is 13.1 Å². The van der Waals surface area contributed by atoms with Gasteiger partial charge in [0.05, 0.1) is 10.6 Å². The van der Waals surface area contributed by atoms with E-state index in [0.717, 1.165) is 39.5 Å². The third-order valence-corrected chi connectivity index (χ3v) is 8.16. The van der Waals surface area contributed by atoms with E-state index in [1.54, 1.807) is 24.3 Å². The van der Waals surface area contributed by atoms with Crippen LogP contribution in [0.1, 0.15) is 43.4 Å². The second kappa shape index (κ2) is 13.4. The van der Waals surface area contributed by atoms with Crippen LogP contribution >= 0.6 is 0 Å². The standard InChI is InChI=1S/C30H36FN3O4S/c1-5-18-32-30(36)28(6-2)33(20-24-9-7-8-23(4)19-24)29(35)21-34(26-14-10-22(3)11-15-26)39(37,38)27-16-12-25(31)13-17-27/h7-17,19,28H,5-6,18,20-21H2,1-4H3,(H,32,36). The number of carbonyl (C=O) groups is 2. The van der Waals surface area contributed by atoms with Gasteiger partial charge < -0.3 is 10.2 Å². The molecule has 1 unspecified atom stereocenters. The number of halogens is 1. The lowest BCUT2D eigenvalue weighted by Gasteiger charge is -2.33. The predicted molar refractivity (Wildman–Crippen MR) is 151 cm³/mol. The second-order valence-electron chi connectivity index (χ2n) is 9.53. The Labute approximate surface area is 230 Å². The summed E-state index contributed by atoms with van der Waals surface area (Å²) in [5, 5.41) is 2.87. The van der Waals surface area contributed by atoms with Crippen molar-refractivity contribution in [2.24, 2.45) is 0 Å². The highest BCUT2D eigenvalue weighted by Crippen LogP contribution is 2.25. The lowest BCUT2D eigenvalue weighted by atomic mass is 10.1. The number of anilines is 1. The van der Waals surface area contributed by atoms with Gasteiger partial charge in [-0.2, -0.15) is 0 Å². The normalized spacial score (nSPS) is 12.0. The van der Waals surface area contributed by atoms with Crippen LogP contribution in [0.2, 0.25) is 0 Å². The largest absolute Gasteiger partial charge is 0.354 e. The summed E-state index contributed by atoms with van der Waals surface area (Å²) in [5.41, 5.74) is 3.04. The van der Waals surface area contributed by atoms with E-state index in [-0.39, 0.29) is 23.0 Å². The van der Waals surface area contributed by atoms with Crippen molar-refractivity contribution in [2.45, 2.75) is 58.0 Å². The number of nitrogens with one attached hydrogen (secondary N) is 1. The zero-order chi connectivity index (χ0) is 28.6. The van der Waals surface area contributed by atoms with E-state index in [0.29, 0.717) is 13.0 Å². The van der Waals surface area contributed by atoms with Crippen molar-refractivity contribution in [1.82, 2.24) is 10.2 Å². The summed E-state index contributed by atoms with van der Waals surface area (Å²) >= 11 is 0. The first-order valence-corrected chi connectivity index (χ1v) is 14.5. The van der Waals surface area contributed by atoms with Crippen LogP contribution < -0.4 is 9.62 Å². The smallest absolute Gasteiger partial charge is 0.264 e. The van der Waals surface area contributed by atoms with Crippen molar-refractivity contribution >= 4 is 27.5 Å². The molecule has 0 saturated carbocycles. The maximum atomic E-state index is 14.0. The molecule has 0 bridgehead atoms. The third-order valence-electron chi connectivity index (χ3n) is 6.37. The minimum atomic E-state index is -4.24. The van der Waals surface area contributed by atoms with Gasteiger partial charge in [-0.1, -0.05) is 61.4 Å². The van der Waals surface area contributed by atoms with Crippen LogP contribution in [0.4, 0.5) is 10.1 Å². The van der Waals surface area contributed by atoms with E-state index in [1.165, 1.54) is 17.0 Å². The molecule has 208 valence electrons. The number of rotatable bonds is 12. The van der Waals surface area contributed by atoms with Crippen LogP contribution in [0.3, 0.4) is 0 Å². The molecule has 3 rings (SSSR count). The van der Waals surface area contributed by atoms with Crippen molar-refractivity contribution in [3.8, 4) is 0 Å². The minimum absolute atomic E-state index is 0.136. The van der Waals surface area contributed by atoms with Gasteiger partial charge in [-0.25, -0.2) is 12.8 Å². The van der Waals surface area contributed by atoms with Gasteiger partial charge in [-0.05, 0) is 68.7 Å². The number of carbonyl (C=O) groups excluding carboxylic acids is 2. The van der Waals surface area contributed by atoms with Crippen LogP contribution in [0.15, 0.2) is 77.7 Å².